The van der Waals surface area contributed by atoms with E-state index in [1.165, 1.54) is 0 Å². The third-order valence-electron chi connectivity index (χ3n) is 4.89. The van der Waals surface area contributed by atoms with Crippen LogP contribution >= 0.6 is 0 Å². The number of carbonyl (C=O) groups excluding carboxylic acids is 2. The third kappa shape index (κ3) is 5.55. The van der Waals surface area contributed by atoms with Crippen LogP contribution < -0.4 is 10.6 Å². The highest BCUT2D eigenvalue weighted by atomic mass is 16.2. The molecular weight excluding hydrogens is 360 g/mol. The summed E-state index contributed by atoms with van der Waals surface area (Å²) in [5.74, 6) is -0.310. The zero-order valence-electron chi connectivity index (χ0n) is 16.8. The summed E-state index contributed by atoms with van der Waals surface area (Å²) >= 11 is 0. The molecule has 0 aliphatic heterocycles. The average Bonchev–Trinajstić information content (AvgIpc) is 2.74. The molecule has 3 rings (SSSR count). The van der Waals surface area contributed by atoms with Gasteiger partial charge < -0.3 is 10.6 Å². The molecule has 0 aliphatic carbocycles. The highest BCUT2D eigenvalue weighted by Crippen LogP contribution is 2.20. The zero-order valence-corrected chi connectivity index (χ0v) is 16.8. The minimum absolute atomic E-state index is 0.00722. The normalized spacial score (nSPS) is 11.5. The van der Waals surface area contributed by atoms with Crippen molar-refractivity contribution in [3.63, 3.8) is 0 Å². The van der Waals surface area contributed by atoms with Crippen LogP contribution in [-0.2, 0) is 11.3 Å². The number of nitrogens with one attached hydrogen (secondary N) is 2. The van der Waals surface area contributed by atoms with Gasteiger partial charge in [0.05, 0.1) is 5.92 Å². The van der Waals surface area contributed by atoms with E-state index < -0.39 is 0 Å². The van der Waals surface area contributed by atoms with Gasteiger partial charge in [0.2, 0.25) is 5.91 Å². The van der Waals surface area contributed by atoms with Crippen molar-refractivity contribution in [3.8, 4) is 0 Å². The molecule has 0 spiro atoms. The fourth-order valence-electron chi connectivity index (χ4n) is 3.24. The summed E-state index contributed by atoms with van der Waals surface area (Å²) in [6.45, 7) is 4.41. The first-order valence-electron chi connectivity index (χ1n) is 9.86. The molecule has 4 heteroatoms. The molecule has 0 saturated carbocycles. The summed E-state index contributed by atoms with van der Waals surface area (Å²) in [7, 11) is 0. The Kier molecular flexibility index (Phi) is 6.80. The van der Waals surface area contributed by atoms with Gasteiger partial charge >= 0.3 is 0 Å². The van der Waals surface area contributed by atoms with Crippen molar-refractivity contribution >= 4 is 17.5 Å². The van der Waals surface area contributed by atoms with Gasteiger partial charge in [0.1, 0.15) is 0 Å². The fourth-order valence-corrected chi connectivity index (χ4v) is 3.24. The quantitative estimate of drug-likeness (QED) is 0.596. The van der Waals surface area contributed by atoms with E-state index in [1.807, 2.05) is 92.7 Å². The maximum atomic E-state index is 12.6. The molecular formula is C25H26N2O2. The Hall–Kier alpha value is -3.40. The van der Waals surface area contributed by atoms with E-state index in [0.29, 0.717) is 17.8 Å². The summed E-state index contributed by atoms with van der Waals surface area (Å²) < 4.78 is 0. The second kappa shape index (κ2) is 9.69. The Labute approximate surface area is 172 Å². The first-order valence-corrected chi connectivity index (χ1v) is 9.86. The van der Waals surface area contributed by atoms with Gasteiger partial charge in [-0.25, -0.2) is 0 Å². The Bertz CT molecular complexity index is 966. The summed E-state index contributed by atoms with van der Waals surface area (Å²) in [4.78, 5) is 25.0. The van der Waals surface area contributed by atoms with Gasteiger partial charge in [-0.15, -0.1) is 0 Å². The molecule has 1 atom stereocenters. The summed E-state index contributed by atoms with van der Waals surface area (Å²) in [6, 6.07) is 24.8. The average molecular weight is 386 g/mol. The van der Waals surface area contributed by atoms with E-state index >= 15 is 0 Å². The molecule has 148 valence electrons. The molecule has 29 heavy (non-hydrogen) atoms. The molecule has 0 aliphatic rings. The minimum atomic E-state index is -0.166. The zero-order chi connectivity index (χ0) is 20.6. The van der Waals surface area contributed by atoms with Gasteiger partial charge in [-0.1, -0.05) is 67.1 Å². The highest BCUT2D eigenvalue weighted by molar-refractivity contribution is 6.04. The van der Waals surface area contributed by atoms with Gasteiger partial charge in [0, 0.05) is 17.8 Å². The monoisotopic (exact) mass is 386 g/mol. The molecule has 0 radical (unpaired) electrons. The van der Waals surface area contributed by atoms with Crippen molar-refractivity contribution < 1.29 is 9.59 Å². The summed E-state index contributed by atoms with van der Waals surface area (Å²) in [5.41, 5.74) is 4.38. The molecule has 0 saturated heterocycles. The molecule has 3 aromatic carbocycles. The second-order valence-electron chi connectivity index (χ2n) is 7.11. The smallest absolute Gasteiger partial charge is 0.255 e. The molecule has 0 bridgehead atoms. The van der Waals surface area contributed by atoms with E-state index in [-0.39, 0.29) is 17.7 Å². The van der Waals surface area contributed by atoms with E-state index in [0.717, 1.165) is 23.1 Å². The van der Waals surface area contributed by atoms with E-state index in [1.54, 1.807) is 0 Å². The van der Waals surface area contributed by atoms with Crippen LogP contribution in [0.2, 0.25) is 0 Å². The number of rotatable bonds is 7. The van der Waals surface area contributed by atoms with Gasteiger partial charge in [-0.2, -0.15) is 0 Å². The molecule has 2 amide bonds. The molecule has 2 N–H and O–H groups in total. The van der Waals surface area contributed by atoms with Crippen molar-refractivity contribution in [3.05, 3.63) is 101 Å². The Balaban J connectivity index is 1.61. The second-order valence-corrected chi connectivity index (χ2v) is 7.11. The standard InChI is InChI=1S/C25H26N2O2/c1-3-23(20-9-5-4-6-10-20)25(29)26-17-19-8-7-11-22(16-19)27-24(28)21-14-12-18(2)13-15-21/h4-16,23H,3,17H2,1-2H3,(H,26,29)(H,27,28). The lowest BCUT2D eigenvalue weighted by atomic mass is 9.95. The summed E-state index contributed by atoms with van der Waals surface area (Å²) in [6.07, 6.45) is 0.739. The van der Waals surface area contributed by atoms with E-state index in [4.69, 9.17) is 0 Å². The Morgan fingerprint density at radius 1 is 0.897 bits per heavy atom. The van der Waals surface area contributed by atoms with E-state index in [2.05, 4.69) is 10.6 Å². The first-order chi connectivity index (χ1) is 14.1. The highest BCUT2D eigenvalue weighted by Gasteiger charge is 2.18. The topological polar surface area (TPSA) is 58.2 Å². The number of aryl methyl sites for hydroxylation is 1. The van der Waals surface area contributed by atoms with Crippen LogP contribution in [0.1, 0.15) is 46.3 Å². The van der Waals surface area contributed by atoms with Gasteiger partial charge in [0.15, 0.2) is 0 Å². The van der Waals surface area contributed by atoms with Gasteiger partial charge in [-0.3, -0.25) is 9.59 Å². The Morgan fingerprint density at radius 2 is 1.62 bits per heavy atom. The van der Waals surface area contributed by atoms with Crippen molar-refractivity contribution in [2.75, 3.05) is 5.32 Å². The molecule has 0 heterocycles. The number of anilines is 1. The van der Waals surface area contributed by atoms with Crippen molar-refractivity contribution in [1.29, 1.82) is 0 Å². The fraction of sp³-hybridized carbons (Fsp3) is 0.200. The number of hydrogen-bond acceptors (Lipinski definition) is 2. The molecule has 0 aromatic heterocycles. The lowest BCUT2D eigenvalue weighted by Gasteiger charge is -2.16. The minimum Gasteiger partial charge on any atom is -0.351 e. The van der Waals surface area contributed by atoms with Crippen LogP contribution in [0.5, 0.6) is 0 Å². The van der Waals surface area contributed by atoms with Crippen LogP contribution in [0, 0.1) is 6.92 Å². The van der Waals surface area contributed by atoms with Crippen LogP contribution in [0.4, 0.5) is 5.69 Å². The van der Waals surface area contributed by atoms with Crippen molar-refractivity contribution in [2.45, 2.75) is 32.7 Å². The lowest BCUT2D eigenvalue weighted by molar-refractivity contribution is -0.122. The first kappa shape index (κ1) is 20.3. The number of carbonyl (C=O) groups is 2. The molecule has 0 fully saturated rings. The van der Waals surface area contributed by atoms with Crippen molar-refractivity contribution in [2.24, 2.45) is 0 Å². The summed E-state index contributed by atoms with van der Waals surface area (Å²) in [5, 5.41) is 5.93. The van der Waals surface area contributed by atoms with Crippen LogP contribution in [0.25, 0.3) is 0 Å². The number of amides is 2. The van der Waals surface area contributed by atoms with Crippen LogP contribution in [-0.4, -0.2) is 11.8 Å². The molecule has 1 unspecified atom stereocenters. The van der Waals surface area contributed by atoms with Gasteiger partial charge in [0.25, 0.3) is 5.91 Å². The maximum absolute atomic E-state index is 12.6. The number of benzene rings is 3. The maximum Gasteiger partial charge on any atom is 0.255 e. The molecule has 4 nitrogen and oxygen atoms in total. The predicted molar refractivity (Wildman–Crippen MR) is 117 cm³/mol. The largest absolute Gasteiger partial charge is 0.351 e. The van der Waals surface area contributed by atoms with Gasteiger partial charge in [-0.05, 0) is 48.7 Å². The van der Waals surface area contributed by atoms with Crippen molar-refractivity contribution in [1.82, 2.24) is 5.32 Å². The SMILES string of the molecule is CCC(C(=O)NCc1cccc(NC(=O)c2ccc(C)cc2)c1)c1ccccc1. The Morgan fingerprint density at radius 3 is 2.31 bits per heavy atom. The van der Waals surface area contributed by atoms with Crippen LogP contribution in [0.3, 0.4) is 0 Å². The molecule has 3 aromatic rings. The van der Waals surface area contributed by atoms with Crippen LogP contribution in [0.15, 0.2) is 78.9 Å². The lowest BCUT2D eigenvalue weighted by Crippen LogP contribution is -2.28. The number of hydrogen-bond donors (Lipinski definition) is 2. The third-order valence-corrected chi connectivity index (χ3v) is 4.89. The van der Waals surface area contributed by atoms with E-state index in [9.17, 15) is 9.59 Å². The predicted octanol–water partition coefficient (Wildman–Crippen LogP) is 5.06.